The zero-order valence-corrected chi connectivity index (χ0v) is 14.3. The van der Waals surface area contributed by atoms with Crippen molar-refractivity contribution in [2.24, 2.45) is 0 Å². The lowest BCUT2D eigenvalue weighted by Crippen LogP contribution is -2.34. The van der Waals surface area contributed by atoms with Gasteiger partial charge in [0.15, 0.2) is 9.84 Å². The van der Waals surface area contributed by atoms with E-state index in [0.29, 0.717) is 12.3 Å². The molecule has 1 aromatic heterocycles. The van der Waals surface area contributed by atoms with Crippen LogP contribution in [-0.2, 0) is 21.9 Å². The third-order valence-electron chi connectivity index (χ3n) is 4.17. The summed E-state index contributed by atoms with van der Waals surface area (Å²) in [6.07, 6.45) is 3.65. The molecule has 120 valence electrons. The number of sulfone groups is 1. The monoisotopic (exact) mass is 313 g/mol. The topological polar surface area (TPSA) is 64.0 Å². The van der Waals surface area contributed by atoms with E-state index in [1.165, 1.54) is 11.3 Å². The highest BCUT2D eigenvalue weighted by Gasteiger charge is 2.42. The van der Waals surface area contributed by atoms with Crippen molar-refractivity contribution in [1.82, 2.24) is 15.1 Å². The van der Waals surface area contributed by atoms with Crippen LogP contribution in [0.3, 0.4) is 0 Å². The quantitative estimate of drug-likeness (QED) is 0.816. The molecular formula is C15H27N3O2S. The molecule has 2 rings (SSSR count). The number of hydrogen-bond acceptors (Lipinski definition) is 4. The standard InChI is InChI=1S/C15H27N3O2S/c1-5-7-16-9-13-10-17-18(14(13)12(2)3)15(4)6-8-21(19,20)11-15/h10,12,16H,5-9,11H2,1-4H3. The number of aromatic nitrogens is 2. The summed E-state index contributed by atoms with van der Waals surface area (Å²) in [5, 5.41) is 7.96. The Labute approximate surface area is 128 Å². The van der Waals surface area contributed by atoms with Gasteiger partial charge in [0.1, 0.15) is 0 Å². The van der Waals surface area contributed by atoms with Crippen LogP contribution in [0.25, 0.3) is 0 Å². The summed E-state index contributed by atoms with van der Waals surface area (Å²) < 4.78 is 25.7. The van der Waals surface area contributed by atoms with Crippen LogP contribution in [0.15, 0.2) is 6.20 Å². The van der Waals surface area contributed by atoms with Crippen LogP contribution in [0.4, 0.5) is 0 Å². The molecule has 1 unspecified atom stereocenters. The van der Waals surface area contributed by atoms with E-state index in [-0.39, 0.29) is 11.5 Å². The normalized spacial score (nSPS) is 24.8. The van der Waals surface area contributed by atoms with E-state index in [9.17, 15) is 8.42 Å². The third-order valence-corrected chi connectivity index (χ3v) is 6.06. The first-order valence-electron chi connectivity index (χ1n) is 7.77. The van der Waals surface area contributed by atoms with Gasteiger partial charge >= 0.3 is 0 Å². The molecule has 6 heteroatoms. The summed E-state index contributed by atoms with van der Waals surface area (Å²) in [7, 11) is -2.93. The van der Waals surface area contributed by atoms with E-state index < -0.39 is 15.4 Å². The van der Waals surface area contributed by atoms with Crippen molar-refractivity contribution in [3.05, 3.63) is 17.5 Å². The molecular weight excluding hydrogens is 286 g/mol. The van der Waals surface area contributed by atoms with E-state index in [4.69, 9.17) is 0 Å². The highest BCUT2D eigenvalue weighted by atomic mass is 32.2. The van der Waals surface area contributed by atoms with Gasteiger partial charge in [-0.05, 0) is 32.2 Å². The van der Waals surface area contributed by atoms with Crippen molar-refractivity contribution in [2.45, 2.75) is 58.5 Å². The van der Waals surface area contributed by atoms with Gasteiger partial charge in [-0.3, -0.25) is 4.68 Å². The maximum absolute atomic E-state index is 11.9. The third kappa shape index (κ3) is 3.48. The Balaban J connectivity index is 2.32. The number of rotatable bonds is 6. The lowest BCUT2D eigenvalue weighted by molar-refractivity contribution is 0.313. The molecule has 0 spiro atoms. The predicted octanol–water partition coefficient (Wildman–Crippen LogP) is 2.04. The molecule has 0 amide bonds. The van der Waals surface area contributed by atoms with Gasteiger partial charge in [0.05, 0.1) is 23.2 Å². The Hall–Kier alpha value is -0.880. The minimum atomic E-state index is -2.93. The molecule has 1 saturated heterocycles. The maximum atomic E-state index is 11.9. The molecule has 0 aromatic carbocycles. The fraction of sp³-hybridized carbons (Fsp3) is 0.800. The number of nitrogens with zero attached hydrogens (tertiary/aromatic N) is 2. The minimum absolute atomic E-state index is 0.198. The fourth-order valence-electron chi connectivity index (χ4n) is 3.13. The van der Waals surface area contributed by atoms with Gasteiger partial charge in [-0.25, -0.2) is 8.42 Å². The molecule has 1 fully saturated rings. The molecule has 1 N–H and O–H groups in total. The van der Waals surface area contributed by atoms with Crippen molar-refractivity contribution >= 4 is 9.84 Å². The second-order valence-electron chi connectivity index (χ2n) is 6.64. The van der Waals surface area contributed by atoms with Crippen LogP contribution < -0.4 is 5.32 Å². The van der Waals surface area contributed by atoms with E-state index in [2.05, 4.69) is 31.2 Å². The van der Waals surface area contributed by atoms with Crippen LogP contribution >= 0.6 is 0 Å². The van der Waals surface area contributed by atoms with Crippen LogP contribution in [0.1, 0.15) is 57.7 Å². The molecule has 0 aliphatic carbocycles. The van der Waals surface area contributed by atoms with Gasteiger partial charge < -0.3 is 5.32 Å². The Morgan fingerprint density at radius 3 is 2.71 bits per heavy atom. The summed E-state index contributed by atoms with van der Waals surface area (Å²) in [5.74, 6) is 0.791. The molecule has 21 heavy (non-hydrogen) atoms. The van der Waals surface area contributed by atoms with Gasteiger partial charge in [0, 0.05) is 17.8 Å². The molecule has 1 aliphatic rings. The Morgan fingerprint density at radius 2 is 2.19 bits per heavy atom. The Bertz CT molecular complexity index is 592. The molecule has 1 atom stereocenters. The molecule has 0 radical (unpaired) electrons. The zero-order chi connectivity index (χ0) is 15.7. The lowest BCUT2D eigenvalue weighted by Gasteiger charge is -2.27. The second-order valence-corrected chi connectivity index (χ2v) is 8.82. The molecule has 1 aliphatic heterocycles. The van der Waals surface area contributed by atoms with Crippen molar-refractivity contribution in [3.63, 3.8) is 0 Å². The summed E-state index contributed by atoms with van der Waals surface area (Å²) in [6, 6.07) is 0. The predicted molar refractivity (Wildman–Crippen MR) is 85.2 cm³/mol. The summed E-state index contributed by atoms with van der Waals surface area (Å²) >= 11 is 0. The second kappa shape index (κ2) is 6.08. The van der Waals surface area contributed by atoms with Crippen molar-refractivity contribution in [2.75, 3.05) is 18.1 Å². The first kappa shape index (κ1) is 16.5. The van der Waals surface area contributed by atoms with Crippen LogP contribution in [0, 0.1) is 0 Å². The molecule has 0 bridgehead atoms. The highest BCUT2D eigenvalue weighted by Crippen LogP contribution is 2.34. The van der Waals surface area contributed by atoms with Gasteiger partial charge in [-0.2, -0.15) is 5.10 Å². The van der Waals surface area contributed by atoms with Crippen LogP contribution in [0.5, 0.6) is 0 Å². The zero-order valence-electron chi connectivity index (χ0n) is 13.5. The Morgan fingerprint density at radius 1 is 1.48 bits per heavy atom. The Kier molecular flexibility index (Phi) is 4.78. The number of nitrogens with one attached hydrogen (secondary N) is 1. The van der Waals surface area contributed by atoms with Crippen molar-refractivity contribution in [1.29, 1.82) is 0 Å². The number of hydrogen-bond donors (Lipinski definition) is 1. The largest absolute Gasteiger partial charge is 0.313 e. The van der Waals surface area contributed by atoms with Crippen molar-refractivity contribution in [3.8, 4) is 0 Å². The first-order valence-corrected chi connectivity index (χ1v) is 9.59. The van der Waals surface area contributed by atoms with Gasteiger partial charge in [0.2, 0.25) is 0 Å². The van der Waals surface area contributed by atoms with Crippen molar-refractivity contribution < 1.29 is 8.42 Å². The summed E-state index contributed by atoms with van der Waals surface area (Å²) in [5.41, 5.74) is 1.95. The fourth-order valence-corrected chi connectivity index (χ4v) is 5.24. The van der Waals surface area contributed by atoms with E-state index in [1.54, 1.807) is 0 Å². The van der Waals surface area contributed by atoms with E-state index in [1.807, 2.05) is 17.8 Å². The van der Waals surface area contributed by atoms with Crippen LogP contribution in [-0.4, -0.2) is 36.2 Å². The maximum Gasteiger partial charge on any atom is 0.152 e. The molecule has 2 heterocycles. The summed E-state index contributed by atoms with van der Waals surface area (Å²) in [6.45, 7) is 10.2. The van der Waals surface area contributed by atoms with Gasteiger partial charge in [-0.15, -0.1) is 0 Å². The minimum Gasteiger partial charge on any atom is -0.313 e. The van der Waals surface area contributed by atoms with E-state index >= 15 is 0 Å². The van der Waals surface area contributed by atoms with Gasteiger partial charge in [-0.1, -0.05) is 20.8 Å². The lowest BCUT2D eigenvalue weighted by atomic mass is 9.98. The average molecular weight is 313 g/mol. The van der Waals surface area contributed by atoms with Gasteiger partial charge in [0.25, 0.3) is 0 Å². The molecule has 0 saturated carbocycles. The molecule has 1 aromatic rings. The first-order chi connectivity index (χ1) is 9.79. The van der Waals surface area contributed by atoms with E-state index in [0.717, 1.165) is 19.5 Å². The van der Waals surface area contributed by atoms with Crippen LogP contribution in [0.2, 0.25) is 0 Å². The SMILES string of the molecule is CCCNCc1cnn(C2(C)CCS(=O)(=O)C2)c1C(C)C. The summed E-state index contributed by atoms with van der Waals surface area (Å²) in [4.78, 5) is 0. The smallest absolute Gasteiger partial charge is 0.152 e. The average Bonchev–Trinajstić information content (AvgIpc) is 2.92. The highest BCUT2D eigenvalue weighted by molar-refractivity contribution is 7.91. The molecule has 5 nitrogen and oxygen atoms in total.